The number of rotatable bonds is 11. The summed E-state index contributed by atoms with van der Waals surface area (Å²) in [5.74, 6) is -1.83. The van der Waals surface area contributed by atoms with Crippen molar-refractivity contribution in [3.05, 3.63) is 156 Å². The quantitative estimate of drug-likeness (QED) is 0.0914. The third-order valence-electron chi connectivity index (χ3n) is 7.10. The first kappa shape index (κ1) is 32.5. The van der Waals surface area contributed by atoms with Gasteiger partial charge >= 0.3 is 0 Å². The van der Waals surface area contributed by atoms with E-state index < -0.39 is 23.0 Å². The molecule has 1 unspecified atom stereocenters. The highest BCUT2D eigenvalue weighted by molar-refractivity contribution is 8.00. The third-order valence-corrected chi connectivity index (χ3v) is 8.21. The average Bonchev–Trinajstić information content (AvgIpc) is 3.10. The fourth-order valence-electron chi connectivity index (χ4n) is 4.63. The maximum Gasteiger partial charge on any atom is 0.272 e. The summed E-state index contributed by atoms with van der Waals surface area (Å²) < 4.78 is 0. The first-order chi connectivity index (χ1) is 22.8. The maximum atomic E-state index is 13.5. The molecule has 0 fully saturated rings. The summed E-state index contributed by atoms with van der Waals surface area (Å²) in [6.45, 7) is 1.75. The minimum absolute atomic E-state index is 0.0753. The Hall–Kier alpha value is -5.93. The van der Waals surface area contributed by atoms with Crippen molar-refractivity contribution in [2.75, 3.05) is 10.6 Å². The number of amides is 4. The maximum absolute atomic E-state index is 13.5. The molecule has 1 atom stereocenters. The lowest BCUT2D eigenvalue weighted by Gasteiger charge is -2.14. The molecule has 0 saturated carbocycles. The van der Waals surface area contributed by atoms with Crippen LogP contribution in [0.4, 0.5) is 11.4 Å². The SMILES string of the molecule is CC(Sc1ccc(NC(=O)/C(=C/c2ccc(-c3ccccc3)cc2)NC(=O)c2ccccc2)cc1)C(=O)Nc1ccccc1C(N)=O. The van der Waals surface area contributed by atoms with Gasteiger partial charge in [-0.15, -0.1) is 11.8 Å². The molecule has 9 heteroatoms. The van der Waals surface area contributed by atoms with E-state index in [1.807, 2.05) is 60.7 Å². The van der Waals surface area contributed by atoms with Gasteiger partial charge in [0.25, 0.3) is 17.7 Å². The molecular formula is C38H32N4O4S. The van der Waals surface area contributed by atoms with Crippen molar-refractivity contribution in [3.63, 3.8) is 0 Å². The van der Waals surface area contributed by atoms with Gasteiger partial charge in [0.2, 0.25) is 5.91 Å². The van der Waals surface area contributed by atoms with Crippen LogP contribution in [0.25, 0.3) is 17.2 Å². The lowest BCUT2D eigenvalue weighted by atomic mass is 10.0. The van der Waals surface area contributed by atoms with E-state index in [9.17, 15) is 19.2 Å². The van der Waals surface area contributed by atoms with Crippen LogP contribution < -0.4 is 21.7 Å². The Morgan fingerprint density at radius 1 is 0.681 bits per heavy atom. The fourth-order valence-corrected chi connectivity index (χ4v) is 5.49. The lowest BCUT2D eigenvalue weighted by molar-refractivity contribution is -0.115. The zero-order chi connectivity index (χ0) is 33.2. The zero-order valence-corrected chi connectivity index (χ0v) is 26.3. The summed E-state index contributed by atoms with van der Waals surface area (Å²) in [5, 5.41) is 7.89. The standard InChI is InChI=1S/C38H32N4O4S/c1-25(36(44)41-33-15-9-8-14-32(33)35(39)43)47-31-22-20-30(21-23-31)40-38(46)34(42-37(45)29-12-6-3-7-13-29)24-26-16-18-28(19-17-26)27-10-4-2-5-11-27/h2-25H,1H3,(H2,39,43)(H,40,46)(H,41,44)(H,42,45)/b34-24-. The number of hydrogen-bond acceptors (Lipinski definition) is 5. The van der Waals surface area contributed by atoms with Crippen LogP contribution in [-0.2, 0) is 9.59 Å². The minimum atomic E-state index is -0.627. The largest absolute Gasteiger partial charge is 0.366 e. The number of carbonyl (C=O) groups excluding carboxylic acids is 4. The van der Waals surface area contributed by atoms with Gasteiger partial charge in [-0.2, -0.15) is 0 Å². The first-order valence-corrected chi connectivity index (χ1v) is 15.7. The van der Waals surface area contributed by atoms with E-state index in [1.165, 1.54) is 11.8 Å². The summed E-state index contributed by atoms with van der Waals surface area (Å²) in [4.78, 5) is 51.8. The second kappa shape index (κ2) is 15.4. The summed E-state index contributed by atoms with van der Waals surface area (Å²) in [6, 6.07) is 39.9. The number of anilines is 2. The van der Waals surface area contributed by atoms with Crippen LogP contribution in [0.5, 0.6) is 0 Å². The van der Waals surface area contributed by atoms with Gasteiger partial charge in [0.15, 0.2) is 0 Å². The molecule has 47 heavy (non-hydrogen) atoms. The smallest absolute Gasteiger partial charge is 0.272 e. The van der Waals surface area contributed by atoms with Crippen LogP contribution in [-0.4, -0.2) is 28.9 Å². The second-order valence-corrected chi connectivity index (χ2v) is 11.9. The first-order valence-electron chi connectivity index (χ1n) is 14.8. The Morgan fingerprint density at radius 3 is 1.94 bits per heavy atom. The van der Waals surface area contributed by atoms with E-state index in [0.717, 1.165) is 21.6 Å². The molecule has 0 aliphatic rings. The Bertz CT molecular complexity index is 1910. The summed E-state index contributed by atoms with van der Waals surface area (Å²) in [6.07, 6.45) is 1.63. The Kier molecular flexibility index (Phi) is 10.6. The van der Waals surface area contributed by atoms with E-state index >= 15 is 0 Å². The van der Waals surface area contributed by atoms with E-state index in [-0.39, 0.29) is 17.2 Å². The van der Waals surface area contributed by atoms with Crippen LogP contribution in [0.15, 0.2) is 144 Å². The molecule has 5 rings (SSSR count). The molecule has 8 nitrogen and oxygen atoms in total. The molecule has 0 spiro atoms. The summed E-state index contributed by atoms with van der Waals surface area (Å²) in [7, 11) is 0. The molecule has 5 aromatic carbocycles. The number of hydrogen-bond donors (Lipinski definition) is 4. The van der Waals surface area contributed by atoms with Crippen molar-refractivity contribution in [1.82, 2.24) is 5.32 Å². The number of benzene rings is 5. The number of para-hydroxylation sites is 1. The molecule has 234 valence electrons. The van der Waals surface area contributed by atoms with Gasteiger partial charge in [-0.1, -0.05) is 84.9 Å². The molecule has 0 heterocycles. The molecule has 0 aliphatic heterocycles. The lowest BCUT2D eigenvalue weighted by Crippen LogP contribution is -2.30. The highest BCUT2D eigenvalue weighted by atomic mass is 32.2. The monoisotopic (exact) mass is 640 g/mol. The predicted octanol–water partition coefficient (Wildman–Crippen LogP) is 6.98. The molecule has 0 aliphatic carbocycles. The van der Waals surface area contributed by atoms with Crippen LogP contribution >= 0.6 is 11.8 Å². The van der Waals surface area contributed by atoms with E-state index in [4.69, 9.17) is 5.73 Å². The van der Waals surface area contributed by atoms with Gasteiger partial charge in [0.1, 0.15) is 5.70 Å². The highest BCUT2D eigenvalue weighted by Gasteiger charge is 2.18. The topological polar surface area (TPSA) is 130 Å². The van der Waals surface area contributed by atoms with E-state index in [1.54, 1.807) is 85.8 Å². The van der Waals surface area contributed by atoms with Crippen LogP contribution in [0.1, 0.15) is 33.2 Å². The Morgan fingerprint density at radius 2 is 1.28 bits per heavy atom. The molecule has 5 aromatic rings. The van der Waals surface area contributed by atoms with Crippen molar-refractivity contribution in [1.29, 1.82) is 0 Å². The Balaban J connectivity index is 1.28. The summed E-state index contributed by atoms with van der Waals surface area (Å²) >= 11 is 1.32. The van der Waals surface area contributed by atoms with Crippen molar-refractivity contribution in [2.24, 2.45) is 5.73 Å². The van der Waals surface area contributed by atoms with E-state index in [0.29, 0.717) is 16.9 Å². The van der Waals surface area contributed by atoms with Crippen molar-refractivity contribution in [2.45, 2.75) is 17.1 Å². The van der Waals surface area contributed by atoms with Gasteiger partial charge < -0.3 is 21.7 Å². The van der Waals surface area contributed by atoms with Crippen molar-refractivity contribution < 1.29 is 19.2 Å². The van der Waals surface area contributed by atoms with Gasteiger partial charge in [-0.25, -0.2) is 0 Å². The predicted molar refractivity (Wildman–Crippen MR) is 188 cm³/mol. The third kappa shape index (κ3) is 8.84. The van der Waals surface area contributed by atoms with Crippen LogP contribution in [0.3, 0.4) is 0 Å². The second-order valence-electron chi connectivity index (χ2n) is 10.5. The van der Waals surface area contributed by atoms with Gasteiger partial charge in [-0.3, -0.25) is 19.2 Å². The molecule has 4 amide bonds. The average molecular weight is 641 g/mol. The van der Waals surface area contributed by atoms with E-state index in [2.05, 4.69) is 16.0 Å². The molecule has 0 radical (unpaired) electrons. The normalized spacial score (nSPS) is 11.6. The van der Waals surface area contributed by atoms with Crippen molar-refractivity contribution >= 4 is 52.8 Å². The molecular weight excluding hydrogens is 609 g/mol. The highest BCUT2D eigenvalue weighted by Crippen LogP contribution is 2.27. The molecule has 0 saturated heterocycles. The number of carbonyl (C=O) groups is 4. The van der Waals surface area contributed by atoms with Crippen LogP contribution in [0, 0.1) is 0 Å². The fraction of sp³-hybridized carbons (Fsp3) is 0.0526. The van der Waals surface area contributed by atoms with Crippen molar-refractivity contribution in [3.8, 4) is 11.1 Å². The van der Waals surface area contributed by atoms with Gasteiger partial charge in [0, 0.05) is 16.1 Å². The Labute approximate surface area is 277 Å². The van der Waals surface area contributed by atoms with Gasteiger partial charge in [-0.05, 0) is 78.2 Å². The summed E-state index contributed by atoms with van der Waals surface area (Å²) in [5.41, 5.74) is 9.85. The van der Waals surface area contributed by atoms with Gasteiger partial charge in [0.05, 0.1) is 16.5 Å². The minimum Gasteiger partial charge on any atom is -0.366 e. The zero-order valence-electron chi connectivity index (χ0n) is 25.5. The molecule has 5 N–H and O–H groups in total. The number of nitrogens with two attached hydrogens (primary N) is 1. The van der Waals surface area contributed by atoms with Crippen LogP contribution in [0.2, 0.25) is 0 Å². The molecule has 0 bridgehead atoms. The number of primary amides is 1. The number of thioether (sulfide) groups is 1. The number of nitrogens with one attached hydrogen (secondary N) is 3. The molecule has 0 aromatic heterocycles.